The zero-order chi connectivity index (χ0) is 13.4. The smallest absolute Gasteiger partial charge is 0.211 e. The van der Waals surface area contributed by atoms with Gasteiger partial charge in [0.2, 0.25) is 5.96 Å². The molecule has 98 valence electrons. The van der Waals surface area contributed by atoms with E-state index in [-0.39, 0.29) is 5.96 Å². The van der Waals surface area contributed by atoms with Gasteiger partial charge in [-0.05, 0) is 25.3 Å². The molecule has 0 aromatic heterocycles. The maximum absolute atomic E-state index is 5.32. The van der Waals surface area contributed by atoms with Crippen LogP contribution in [0.25, 0.3) is 0 Å². The number of hydrogen-bond donors (Lipinski definition) is 2. The number of nitrogens with two attached hydrogens (primary N) is 2. The Bertz CT molecular complexity index is 431. The third kappa shape index (κ3) is 4.99. The first-order valence-electron chi connectivity index (χ1n) is 6.36. The molecular formula is C14H22N4. The van der Waals surface area contributed by atoms with Crippen LogP contribution < -0.4 is 11.5 Å². The van der Waals surface area contributed by atoms with Crippen molar-refractivity contribution < 1.29 is 0 Å². The zero-order valence-corrected chi connectivity index (χ0v) is 11.2. The van der Waals surface area contributed by atoms with Gasteiger partial charge in [-0.3, -0.25) is 0 Å². The minimum absolute atomic E-state index is 0.00403. The molecule has 0 radical (unpaired) electrons. The predicted molar refractivity (Wildman–Crippen MR) is 77.7 cm³/mol. The van der Waals surface area contributed by atoms with Crippen LogP contribution in [-0.2, 0) is 0 Å². The van der Waals surface area contributed by atoms with Gasteiger partial charge >= 0.3 is 0 Å². The average molecular weight is 246 g/mol. The van der Waals surface area contributed by atoms with Crippen molar-refractivity contribution in [2.45, 2.75) is 39.5 Å². The molecule has 1 rings (SSSR count). The van der Waals surface area contributed by atoms with Gasteiger partial charge in [0.25, 0.3) is 0 Å². The van der Waals surface area contributed by atoms with Gasteiger partial charge in [0.1, 0.15) is 0 Å². The maximum atomic E-state index is 5.32. The summed E-state index contributed by atoms with van der Waals surface area (Å²) in [6, 6.07) is 8.23. The monoisotopic (exact) mass is 246 g/mol. The van der Waals surface area contributed by atoms with E-state index in [0.29, 0.717) is 0 Å². The molecule has 1 aromatic rings. The molecule has 4 N–H and O–H groups in total. The first kappa shape index (κ1) is 14.2. The number of rotatable bonds is 6. The summed E-state index contributed by atoms with van der Waals surface area (Å²) < 4.78 is 0. The van der Waals surface area contributed by atoms with Crippen molar-refractivity contribution in [1.82, 2.24) is 0 Å². The van der Waals surface area contributed by atoms with E-state index in [2.05, 4.69) is 36.2 Å². The highest BCUT2D eigenvalue weighted by Gasteiger charge is 2.04. The number of nitrogens with zero attached hydrogens (tertiary/aromatic N) is 2. The lowest BCUT2D eigenvalue weighted by atomic mass is 10.0. The predicted octanol–water partition coefficient (Wildman–Crippen LogP) is 2.55. The number of unbranched alkanes of at least 4 members (excludes halogenated alkanes) is 2. The zero-order valence-electron chi connectivity index (χ0n) is 11.2. The Morgan fingerprint density at radius 1 is 1.17 bits per heavy atom. The average Bonchev–Trinajstić information content (AvgIpc) is 2.33. The normalized spacial score (nSPS) is 11.3. The summed E-state index contributed by atoms with van der Waals surface area (Å²) in [5.74, 6) is -0.00403. The molecule has 4 heteroatoms. The van der Waals surface area contributed by atoms with Gasteiger partial charge in [0, 0.05) is 0 Å². The van der Waals surface area contributed by atoms with Crippen LogP contribution >= 0.6 is 0 Å². The Morgan fingerprint density at radius 2 is 1.94 bits per heavy atom. The third-order valence-corrected chi connectivity index (χ3v) is 2.65. The fourth-order valence-corrected chi connectivity index (χ4v) is 1.74. The van der Waals surface area contributed by atoms with Crippen LogP contribution in [0.4, 0.5) is 0 Å². The standard InChI is InChI=1S/C14H22N4/c1-3-4-5-9-13(17-18-14(15)16)12-8-6-7-11(2)10-12/h6-8,10H,3-5,9H2,1-2H3,(H4,15,16,18)/b17-13+. The molecule has 0 fully saturated rings. The van der Waals surface area contributed by atoms with E-state index >= 15 is 0 Å². The van der Waals surface area contributed by atoms with E-state index in [9.17, 15) is 0 Å². The van der Waals surface area contributed by atoms with Gasteiger partial charge in [-0.15, -0.1) is 5.10 Å². The fourth-order valence-electron chi connectivity index (χ4n) is 1.74. The SMILES string of the molecule is CCCCC/C(=N\N=C(N)N)c1cccc(C)c1. The Morgan fingerprint density at radius 3 is 2.56 bits per heavy atom. The molecule has 0 heterocycles. The van der Waals surface area contributed by atoms with Gasteiger partial charge in [0.15, 0.2) is 0 Å². The molecule has 0 saturated heterocycles. The lowest BCUT2D eigenvalue weighted by molar-refractivity contribution is 0.741. The molecule has 1 aromatic carbocycles. The van der Waals surface area contributed by atoms with Gasteiger partial charge in [-0.1, -0.05) is 49.6 Å². The van der Waals surface area contributed by atoms with Crippen LogP contribution in [0.15, 0.2) is 34.5 Å². The van der Waals surface area contributed by atoms with Gasteiger partial charge in [0.05, 0.1) is 5.71 Å². The molecule has 18 heavy (non-hydrogen) atoms. The molecule has 0 aliphatic heterocycles. The highest BCUT2D eigenvalue weighted by molar-refractivity contribution is 6.00. The van der Waals surface area contributed by atoms with Crippen LogP contribution in [0.3, 0.4) is 0 Å². The first-order valence-corrected chi connectivity index (χ1v) is 6.36. The fraction of sp³-hybridized carbons (Fsp3) is 0.429. The van der Waals surface area contributed by atoms with Crippen molar-refractivity contribution in [3.63, 3.8) is 0 Å². The summed E-state index contributed by atoms with van der Waals surface area (Å²) in [5, 5.41) is 7.93. The highest BCUT2D eigenvalue weighted by atomic mass is 15.3. The summed E-state index contributed by atoms with van der Waals surface area (Å²) in [7, 11) is 0. The topological polar surface area (TPSA) is 76.8 Å². The molecule has 0 aliphatic carbocycles. The first-order chi connectivity index (χ1) is 8.63. The van der Waals surface area contributed by atoms with Crippen molar-refractivity contribution in [3.05, 3.63) is 35.4 Å². The summed E-state index contributed by atoms with van der Waals surface area (Å²) in [4.78, 5) is 0. The second-order valence-electron chi connectivity index (χ2n) is 4.40. The minimum Gasteiger partial charge on any atom is -0.369 e. The van der Waals surface area contributed by atoms with E-state index < -0.39 is 0 Å². The molecule has 4 nitrogen and oxygen atoms in total. The van der Waals surface area contributed by atoms with Crippen LogP contribution in [0, 0.1) is 6.92 Å². The second-order valence-corrected chi connectivity index (χ2v) is 4.40. The van der Waals surface area contributed by atoms with Crippen LogP contribution in [-0.4, -0.2) is 11.7 Å². The Kier molecular flexibility index (Phi) is 5.91. The van der Waals surface area contributed by atoms with Gasteiger partial charge < -0.3 is 11.5 Å². The minimum atomic E-state index is -0.00403. The van der Waals surface area contributed by atoms with Gasteiger partial charge in [-0.25, -0.2) is 0 Å². The summed E-state index contributed by atoms with van der Waals surface area (Å²) in [5.41, 5.74) is 13.9. The van der Waals surface area contributed by atoms with Crippen LogP contribution in [0.2, 0.25) is 0 Å². The number of hydrogen-bond acceptors (Lipinski definition) is 2. The maximum Gasteiger partial charge on any atom is 0.211 e. The number of aryl methyl sites for hydroxylation is 1. The van der Waals surface area contributed by atoms with E-state index in [0.717, 1.165) is 24.1 Å². The molecule has 0 amide bonds. The van der Waals surface area contributed by atoms with Crippen LogP contribution in [0.1, 0.15) is 43.7 Å². The lowest BCUT2D eigenvalue weighted by Crippen LogP contribution is -2.22. The molecule has 0 atom stereocenters. The van der Waals surface area contributed by atoms with Crippen molar-refractivity contribution in [2.24, 2.45) is 21.7 Å². The second kappa shape index (κ2) is 7.48. The Balaban J connectivity index is 2.89. The largest absolute Gasteiger partial charge is 0.369 e. The summed E-state index contributed by atoms with van der Waals surface area (Å²) in [6.07, 6.45) is 4.37. The van der Waals surface area contributed by atoms with Crippen molar-refractivity contribution in [1.29, 1.82) is 0 Å². The quantitative estimate of drug-likeness (QED) is 0.350. The van der Waals surface area contributed by atoms with Gasteiger partial charge in [-0.2, -0.15) is 5.10 Å². The third-order valence-electron chi connectivity index (χ3n) is 2.65. The summed E-state index contributed by atoms with van der Waals surface area (Å²) >= 11 is 0. The molecule has 0 saturated carbocycles. The number of guanidine groups is 1. The highest BCUT2D eigenvalue weighted by Crippen LogP contribution is 2.11. The van der Waals surface area contributed by atoms with Crippen LogP contribution in [0.5, 0.6) is 0 Å². The molecule has 0 aliphatic rings. The van der Waals surface area contributed by atoms with E-state index in [1.807, 2.05) is 12.1 Å². The van der Waals surface area contributed by atoms with E-state index in [1.54, 1.807) is 0 Å². The van der Waals surface area contributed by atoms with Crippen molar-refractivity contribution >= 4 is 11.7 Å². The Labute approximate surface area is 109 Å². The molecule has 0 spiro atoms. The van der Waals surface area contributed by atoms with E-state index in [4.69, 9.17) is 11.5 Å². The molecular weight excluding hydrogens is 224 g/mol. The van der Waals surface area contributed by atoms with Crippen molar-refractivity contribution in [3.8, 4) is 0 Å². The number of benzene rings is 1. The lowest BCUT2D eigenvalue weighted by Gasteiger charge is -2.06. The molecule has 0 bridgehead atoms. The van der Waals surface area contributed by atoms with Crippen molar-refractivity contribution in [2.75, 3.05) is 0 Å². The molecule has 0 unspecified atom stereocenters. The summed E-state index contributed by atoms with van der Waals surface area (Å²) in [6.45, 7) is 4.24. The Hall–Kier alpha value is -1.84. The van der Waals surface area contributed by atoms with E-state index in [1.165, 1.54) is 18.4 Å².